The standard InChI is InChI=1S/C22H40N8O8/c1-11(2)10-15(21(37)38)30-20(36)13(5-7-16(24)31)29-19(35)14(6-8-17(32)33)28-18(34)12(23)4-3-9-27-22(25)26/h11-15H,3-10,23H2,1-2H3,(H2,24,31)(H,28,34)(H,29,35)(H,30,36)(H,32,33)(H,37,38)(H4,25,26,27). The molecule has 216 valence electrons. The first-order chi connectivity index (χ1) is 17.6. The third-order valence-electron chi connectivity index (χ3n) is 5.22. The molecule has 4 amide bonds. The van der Waals surface area contributed by atoms with Crippen LogP contribution in [0.25, 0.3) is 0 Å². The second-order valence-corrected chi connectivity index (χ2v) is 9.14. The molecule has 4 unspecified atom stereocenters. The summed E-state index contributed by atoms with van der Waals surface area (Å²) in [6, 6.07) is -5.10. The average molecular weight is 545 g/mol. The molecule has 13 N–H and O–H groups in total. The Morgan fingerprint density at radius 1 is 0.763 bits per heavy atom. The van der Waals surface area contributed by atoms with Crippen molar-refractivity contribution in [1.82, 2.24) is 16.0 Å². The fraction of sp³-hybridized carbons (Fsp3) is 0.682. The molecule has 0 saturated heterocycles. The number of carbonyl (C=O) groups is 6. The van der Waals surface area contributed by atoms with Gasteiger partial charge in [0.05, 0.1) is 6.04 Å². The number of carboxylic acids is 2. The van der Waals surface area contributed by atoms with E-state index in [1.54, 1.807) is 13.8 Å². The predicted octanol–water partition coefficient (Wildman–Crippen LogP) is -2.92. The number of carbonyl (C=O) groups excluding carboxylic acids is 4. The molecule has 0 radical (unpaired) electrons. The second kappa shape index (κ2) is 17.5. The van der Waals surface area contributed by atoms with Crippen LogP contribution in [-0.4, -0.2) is 82.5 Å². The van der Waals surface area contributed by atoms with E-state index in [4.69, 9.17) is 28.0 Å². The van der Waals surface area contributed by atoms with E-state index in [0.717, 1.165) is 0 Å². The lowest BCUT2D eigenvalue weighted by Gasteiger charge is -2.25. The van der Waals surface area contributed by atoms with Crippen molar-refractivity contribution in [2.75, 3.05) is 6.54 Å². The number of hydrogen-bond donors (Lipinski definition) is 9. The zero-order valence-corrected chi connectivity index (χ0v) is 21.6. The van der Waals surface area contributed by atoms with Gasteiger partial charge >= 0.3 is 11.9 Å². The Hall–Kier alpha value is -3.95. The third-order valence-corrected chi connectivity index (χ3v) is 5.22. The third kappa shape index (κ3) is 15.2. The van der Waals surface area contributed by atoms with Crippen molar-refractivity contribution in [2.24, 2.45) is 33.8 Å². The first kappa shape index (κ1) is 34.0. The minimum Gasteiger partial charge on any atom is -0.481 e. The predicted molar refractivity (Wildman–Crippen MR) is 136 cm³/mol. The van der Waals surface area contributed by atoms with Gasteiger partial charge in [-0.05, 0) is 38.0 Å². The van der Waals surface area contributed by atoms with Crippen LogP contribution >= 0.6 is 0 Å². The van der Waals surface area contributed by atoms with Gasteiger partial charge < -0.3 is 49.1 Å². The van der Waals surface area contributed by atoms with Crippen molar-refractivity contribution in [2.45, 2.75) is 83.0 Å². The Kier molecular flexibility index (Phi) is 15.7. The number of hydrogen-bond acceptors (Lipinski definition) is 8. The fourth-order valence-corrected chi connectivity index (χ4v) is 3.26. The van der Waals surface area contributed by atoms with Crippen molar-refractivity contribution in [3.63, 3.8) is 0 Å². The lowest BCUT2D eigenvalue weighted by atomic mass is 10.0. The van der Waals surface area contributed by atoms with Gasteiger partial charge in [0.25, 0.3) is 0 Å². The normalized spacial score (nSPS) is 13.9. The Balaban J connectivity index is 5.57. The molecule has 16 heteroatoms. The molecule has 0 aromatic rings. The summed E-state index contributed by atoms with van der Waals surface area (Å²) in [6.07, 6.45) is -0.774. The molecule has 0 saturated carbocycles. The van der Waals surface area contributed by atoms with Crippen LogP contribution in [0.2, 0.25) is 0 Å². The number of nitrogens with one attached hydrogen (secondary N) is 3. The molecule has 16 nitrogen and oxygen atoms in total. The van der Waals surface area contributed by atoms with Crippen LogP contribution in [0, 0.1) is 5.92 Å². The monoisotopic (exact) mass is 544 g/mol. The lowest BCUT2D eigenvalue weighted by Crippen LogP contribution is -2.57. The maximum Gasteiger partial charge on any atom is 0.326 e. The van der Waals surface area contributed by atoms with Crippen LogP contribution < -0.4 is 38.9 Å². The average Bonchev–Trinajstić information content (AvgIpc) is 2.80. The molecule has 4 atom stereocenters. The molecule has 0 rings (SSSR count). The van der Waals surface area contributed by atoms with E-state index in [-0.39, 0.29) is 50.5 Å². The molecule has 0 aromatic heterocycles. The minimum atomic E-state index is -1.39. The van der Waals surface area contributed by atoms with E-state index in [0.29, 0.717) is 6.42 Å². The van der Waals surface area contributed by atoms with Crippen molar-refractivity contribution < 1.29 is 39.0 Å². The number of rotatable bonds is 19. The molecule has 0 heterocycles. The number of nitrogens with two attached hydrogens (primary N) is 4. The first-order valence-electron chi connectivity index (χ1n) is 12.1. The van der Waals surface area contributed by atoms with Crippen molar-refractivity contribution >= 4 is 41.5 Å². The van der Waals surface area contributed by atoms with Gasteiger partial charge in [-0.3, -0.25) is 29.0 Å². The number of amides is 4. The summed E-state index contributed by atoms with van der Waals surface area (Å²) in [5, 5.41) is 25.5. The van der Waals surface area contributed by atoms with Gasteiger partial charge in [0.2, 0.25) is 23.6 Å². The van der Waals surface area contributed by atoms with Crippen LogP contribution in [0.3, 0.4) is 0 Å². The van der Waals surface area contributed by atoms with Gasteiger partial charge in [0, 0.05) is 19.4 Å². The summed E-state index contributed by atoms with van der Waals surface area (Å²) >= 11 is 0. The SMILES string of the molecule is CC(C)CC(NC(=O)C(CCC(N)=O)NC(=O)C(CCC(=O)O)NC(=O)C(N)CCCN=C(N)N)C(=O)O. The first-order valence-corrected chi connectivity index (χ1v) is 12.1. The Labute approximate surface area is 220 Å². The highest BCUT2D eigenvalue weighted by Gasteiger charge is 2.31. The number of primary amides is 1. The van der Waals surface area contributed by atoms with Gasteiger partial charge in [-0.25, -0.2) is 4.79 Å². The summed E-state index contributed by atoms with van der Waals surface area (Å²) < 4.78 is 0. The summed E-state index contributed by atoms with van der Waals surface area (Å²) in [5.74, 6) is -6.04. The van der Waals surface area contributed by atoms with Crippen LogP contribution in [0.4, 0.5) is 0 Å². The van der Waals surface area contributed by atoms with E-state index in [2.05, 4.69) is 20.9 Å². The largest absolute Gasteiger partial charge is 0.481 e. The molecular formula is C22H40N8O8. The fourth-order valence-electron chi connectivity index (χ4n) is 3.26. The van der Waals surface area contributed by atoms with E-state index < -0.39 is 66.2 Å². The van der Waals surface area contributed by atoms with Gasteiger partial charge in [-0.2, -0.15) is 0 Å². The van der Waals surface area contributed by atoms with Crippen LogP contribution in [0.5, 0.6) is 0 Å². The number of nitrogens with zero attached hydrogens (tertiary/aromatic N) is 1. The molecule has 0 aliphatic rings. The number of carboxylic acid groups (broad SMARTS) is 2. The van der Waals surface area contributed by atoms with Crippen LogP contribution in [-0.2, 0) is 28.8 Å². The quantitative estimate of drug-likeness (QED) is 0.0450. The zero-order valence-electron chi connectivity index (χ0n) is 21.6. The van der Waals surface area contributed by atoms with Gasteiger partial charge in [0.1, 0.15) is 18.1 Å². The highest BCUT2D eigenvalue weighted by molar-refractivity contribution is 5.94. The smallest absolute Gasteiger partial charge is 0.326 e. The van der Waals surface area contributed by atoms with Crippen LogP contribution in [0.1, 0.15) is 58.8 Å². The summed E-state index contributed by atoms with van der Waals surface area (Å²) in [7, 11) is 0. The number of aliphatic carboxylic acids is 2. The Bertz CT molecular complexity index is 875. The molecule has 38 heavy (non-hydrogen) atoms. The highest BCUT2D eigenvalue weighted by Crippen LogP contribution is 2.08. The molecule has 0 aromatic carbocycles. The summed E-state index contributed by atoms with van der Waals surface area (Å²) in [4.78, 5) is 76.0. The van der Waals surface area contributed by atoms with E-state index in [1.807, 2.05) is 0 Å². The number of guanidine groups is 1. The second-order valence-electron chi connectivity index (χ2n) is 9.14. The molecule has 0 bridgehead atoms. The molecule has 0 spiro atoms. The van der Waals surface area contributed by atoms with E-state index in [1.165, 1.54) is 0 Å². The number of aliphatic imine (C=N–C) groups is 1. The molecular weight excluding hydrogens is 504 g/mol. The van der Waals surface area contributed by atoms with Gasteiger partial charge in [-0.1, -0.05) is 13.8 Å². The zero-order chi connectivity index (χ0) is 29.4. The Morgan fingerprint density at radius 2 is 1.26 bits per heavy atom. The summed E-state index contributed by atoms with van der Waals surface area (Å²) in [5.41, 5.74) is 21.5. The van der Waals surface area contributed by atoms with E-state index in [9.17, 15) is 33.9 Å². The van der Waals surface area contributed by atoms with Crippen LogP contribution in [0.15, 0.2) is 4.99 Å². The van der Waals surface area contributed by atoms with Gasteiger partial charge in [-0.15, -0.1) is 0 Å². The maximum absolute atomic E-state index is 13.0. The van der Waals surface area contributed by atoms with Gasteiger partial charge in [0.15, 0.2) is 5.96 Å². The molecule has 0 fully saturated rings. The lowest BCUT2D eigenvalue weighted by molar-refractivity contribution is -0.143. The highest BCUT2D eigenvalue weighted by atomic mass is 16.4. The Morgan fingerprint density at radius 3 is 1.71 bits per heavy atom. The van der Waals surface area contributed by atoms with E-state index >= 15 is 0 Å². The van der Waals surface area contributed by atoms with Crippen molar-refractivity contribution in [3.05, 3.63) is 0 Å². The van der Waals surface area contributed by atoms with Crippen molar-refractivity contribution in [3.8, 4) is 0 Å². The van der Waals surface area contributed by atoms with Crippen molar-refractivity contribution in [1.29, 1.82) is 0 Å². The summed E-state index contributed by atoms with van der Waals surface area (Å²) in [6.45, 7) is 3.74. The minimum absolute atomic E-state index is 0.0747. The maximum atomic E-state index is 13.0. The molecule has 0 aliphatic heterocycles. The topological polar surface area (TPSA) is 295 Å². The molecule has 0 aliphatic carbocycles.